The predicted octanol–water partition coefficient (Wildman–Crippen LogP) is 11.8. The van der Waals surface area contributed by atoms with Gasteiger partial charge in [0.2, 0.25) is 0 Å². The van der Waals surface area contributed by atoms with Crippen LogP contribution in [0, 0.1) is 0 Å². The lowest BCUT2D eigenvalue weighted by Gasteiger charge is -2.21. The van der Waals surface area contributed by atoms with Crippen molar-refractivity contribution in [2.75, 3.05) is 0 Å². The Morgan fingerprint density at radius 2 is 1.05 bits per heavy atom. The van der Waals surface area contributed by atoms with E-state index in [4.69, 9.17) is 0 Å². The first-order valence-electron chi connectivity index (χ1n) is 14.8. The van der Waals surface area contributed by atoms with Gasteiger partial charge in [0, 0.05) is 0 Å². The topological polar surface area (TPSA) is 0 Å². The Hall–Kier alpha value is -4.68. The minimum Gasteiger partial charge on any atom is -0.0616 e. The maximum absolute atomic E-state index is 2.49. The highest BCUT2D eigenvalue weighted by molar-refractivity contribution is 6.17. The summed E-state index contributed by atoms with van der Waals surface area (Å²) >= 11 is 0. The van der Waals surface area contributed by atoms with E-state index < -0.39 is 0 Å². The molecule has 41 heavy (non-hydrogen) atoms. The van der Waals surface area contributed by atoms with Crippen molar-refractivity contribution in [3.8, 4) is 0 Å². The molecule has 0 spiro atoms. The number of hydrogen-bond acceptors (Lipinski definition) is 0. The van der Waals surface area contributed by atoms with Gasteiger partial charge in [-0.2, -0.15) is 0 Å². The van der Waals surface area contributed by atoms with Crippen LogP contribution < -0.4 is 0 Å². The highest BCUT2D eigenvalue weighted by Gasteiger charge is 2.18. The van der Waals surface area contributed by atoms with E-state index in [1.165, 1.54) is 81.7 Å². The lowest BCUT2D eigenvalue weighted by Crippen LogP contribution is -1.98. The molecule has 1 aliphatic carbocycles. The van der Waals surface area contributed by atoms with Crippen LogP contribution in [0.25, 0.3) is 65.0 Å². The van der Waals surface area contributed by atoms with Crippen molar-refractivity contribution in [3.63, 3.8) is 0 Å². The van der Waals surface area contributed by atoms with Gasteiger partial charge in [-0.15, -0.1) is 0 Å². The van der Waals surface area contributed by atoms with Gasteiger partial charge in [0.25, 0.3) is 0 Å². The molecular formula is C41H32. The second-order valence-corrected chi connectivity index (χ2v) is 11.8. The van der Waals surface area contributed by atoms with Gasteiger partial charge in [0.15, 0.2) is 0 Å². The summed E-state index contributed by atoms with van der Waals surface area (Å²) in [5, 5.41) is 13.4. The molecule has 0 saturated heterocycles. The summed E-state index contributed by atoms with van der Waals surface area (Å²) in [6, 6.07) is 42.9. The fourth-order valence-corrected chi connectivity index (χ4v) is 7.14. The van der Waals surface area contributed by atoms with Crippen LogP contribution in [0.4, 0.5) is 0 Å². The third-order valence-electron chi connectivity index (χ3n) is 9.12. The van der Waals surface area contributed by atoms with Gasteiger partial charge in [-0.25, -0.2) is 0 Å². The monoisotopic (exact) mass is 524 g/mol. The molecule has 0 aliphatic heterocycles. The van der Waals surface area contributed by atoms with E-state index in [0.717, 1.165) is 12.8 Å². The maximum Gasteiger partial charge on any atom is -0.00957 e. The van der Waals surface area contributed by atoms with Crippen LogP contribution in [0.2, 0.25) is 0 Å². The molecule has 196 valence electrons. The minimum absolute atomic E-state index is 0.438. The first-order chi connectivity index (χ1) is 20.2. The molecule has 0 heteroatoms. The fraction of sp³-hybridized carbons (Fsp3) is 0.122. The van der Waals surface area contributed by atoms with Crippen molar-refractivity contribution in [1.82, 2.24) is 0 Å². The minimum atomic E-state index is 0.438. The Labute approximate surface area is 241 Å². The van der Waals surface area contributed by atoms with Crippen LogP contribution >= 0.6 is 0 Å². The summed E-state index contributed by atoms with van der Waals surface area (Å²) in [7, 11) is 0. The van der Waals surface area contributed by atoms with Crippen LogP contribution in [0.3, 0.4) is 0 Å². The van der Waals surface area contributed by atoms with Gasteiger partial charge in [0.05, 0.1) is 0 Å². The van der Waals surface area contributed by atoms with Gasteiger partial charge < -0.3 is 0 Å². The lowest BCUT2D eigenvalue weighted by atomic mass is 9.83. The van der Waals surface area contributed by atoms with Gasteiger partial charge >= 0.3 is 0 Å². The van der Waals surface area contributed by atoms with E-state index in [9.17, 15) is 0 Å². The van der Waals surface area contributed by atoms with E-state index in [0.29, 0.717) is 5.92 Å². The molecular weight excluding hydrogens is 492 g/mol. The summed E-state index contributed by atoms with van der Waals surface area (Å²) in [5.41, 5.74) is 7.02. The molecule has 0 fully saturated rings. The molecule has 0 unspecified atom stereocenters. The Morgan fingerprint density at radius 1 is 0.439 bits per heavy atom. The van der Waals surface area contributed by atoms with Gasteiger partial charge in [0.1, 0.15) is 0 Å². The molecule has 0 saturated carbocycles. The van der Waals surface area contributed by atoms with E-state index in [2.05, 4.69) is 141 Å². The zero-order chi connectivity index (χ0) is 27.5. The standard InChI is InChI=1S/C41H32/c1-26(2)41-34-12-6-4-10-32(34)24-39-36-14-8-7-13-35(36)38(25-40(39)41)30-17-15-27(16-18-30)31-22-21-29-20-19-28-9-3-5-11-33(28)37(29)23-31/h3-15,17,19-26H,16,18H2,1-2H3. The maximum atomic E-state index is 2.49. The van der Waals surface area contributed by atoms with Crippen molar-refractivity contribution in [1.29, 1.82) is 0 Å². The largest absolute Gasteiger partial charge is 0.0616 e. The number of hydrogen-bond donors (Lipinski definition) is 0. The average Bonchev–Trinajstić information content (AvgIpc) is 3.03. The first-order valence-corrected chi connectivity index (χ1v) is 14.8. The SMILES string of the molecule is CC(C)c1c2ccccc2cc2c1cc(C1=CC=C(c3ccc4ccc5ccccc5c4c3)CC1)c1ccccc12. The number of fused-ring (bicyclic) bond motifs is 7. The first kappa shape index (κ1) is 24.1. The lowest BCUT2D eigenvalue weighted by molar-refractivity contribution is 0.885. The predicted molar refractivity (Wildman–Crippen MR) is 180 cm³/mol. The summed E-state index contributed by atoms with van der Waals surface area (Å²) in [4.78, 5) is 0. The summed E-state index contributed by atoms with van der Waals surface area (Å²) in [5.74, 6) is 0.438. The van der Waals surface area contributed by atoms with Crippen molar-refractivity contribution < 1.29 is 0 Å². The quantitative estimate of drug-likeness (QED) is 0.159. The summed E-state index contributed by atoms with van der Waals surface area (Å²) < 4.78 is 0. The van der Waals surface area contributed by atoms with Crippen molar-refractivity contribution in [3.05, 3.63) is 144 Å². The molecule has 0 bridgehead atoms. The zero-order valence-electron chi connectivity index (χ0n) is 23.6. The Kier molecular flexibility index (Phi) is 5.57. The molecule has 0 amide bonds. The molecule has 0 atom stereocenters. The van der Waals surface area contributed by atoms with Crippen molar-refractivity contribution in [2.24, 2.45) is 0 Å². The van der Waals surface area contributed by atoms with Gasteiger partial charge in [-0.3, -0.25) is 0 Å². The Balaban J connectivity index is 1.30. The average molecular weight is 525 g/mol. The van der Waals surface area contributed by atoms with Gasteiger partial charge in [-0.05, 0) is 119 Å². The third-order valence-corrected chi connectivity index (χ3v) is 9.12. The highest BCUT2D eigenvalue weighted by Crippen LogP contribution is 2.42. The fourth-order valence-electron chi connectivity index (χ4n) is 7.14. The molecule has 7 aromatic carbocycles. The van der Waals surface area contributed by atoms with Gasteiger partial charge in [-0.1, -0.05) is 123 Å². The summed E-state index contributed by atoms with van der Waals surface area (Å²) in [6.45, 7) is 4.66. The van der Waals surface area contributed by atoms with Crippen LogP contribution in [0.5, 0.6) is 0 Å². The van der Waals surface area contributed by atoms with Crippen LogP contribution in [0.1, 0.15) is 49.3 Å². The van der Waals surface area contributed by atoms with Crippen molar-refractivity contribution in [2.45, 2.75) is 32.6 Å². The molecule has 1 aliphatic rings. The smallest absolute Gasteiger partial charge is 0.00957 e. The molecule has 8 rings (SSSR count). The molecule has 0 nitrogen and oxygen atoms in total. The Bertz CT molecular complexity index is 2220. The van der Waals surface area contributed by atoms with Crippen LogP contribution in [-0.2, 0) is 0 Å². The molecule has 0 N–H and O–H groups in total. The second kappa shape index (κ2) is 9.46. The molecule has 0 aromatic heterocycles. The number of benzene rings is 7. The number of rotatable bonds is 3. The third kappa shape index (κ3) is 3.90. The van der Waals surface area contributed by atoms with E-state index >= 15 is 0 Å². The molecule has 0 radical (unpaired) electrons. The van der Waals surface area contributed by atoms with Crippen LogP contribution in [0.15, 0.2) is 127 Å². The second-order valence-electron chi connectivity index (χ2n) is 11.8. The number of allylic oxidation sites excluding steroid dienone is 4. The van der Waals surface area contributed by atoms with E-state index in [1.807, 2.05) is 0 Å². The molecule has 7 aromatic rings. The van der Waals surface area contributed by atoms with Crippen LogP contribution in [-0.4, -0.2) is 0 Å². The summed E-state index contributed by atoms with van der Waals surface area (Å²) in [6.07, 6.45) is 6.84. The van der Waals surface area contributed by atoms with Crippen molar-refractivity contribution >= 4 is 65.0 Å². The Morgan fingerprint density at radius 3 is 1.80 bits per heavy atom. The highest BCUT2D eigenvalue weighted by atomic mass is 14.2. The zero-order valence-corrected chi connectivity index (χ0v) is 23.6. The molecule has 0 heterocycles. The van der Waals surface area contributed by atoms with E-state index in [-0.39, 0.29) is 0 Å². The van der Waals surface area contributed by atoms with E-state index in [1.54, 1.807) is 0 Å². The normalized spacial score (nSPS) is 13.9.